The number of halogens is 4. The first kappa shape index (κ1) is 31.0. The van der Waals surface area contributed by atoms with E-state index in [1.807, 2.05) is 51.0 Å². The van der Waals surface area contributed by atoms with Gasteiger partial charge in [-0.15, -0.1) is 5.10 Å². The molecule has 10 nitrogen and oxygen atoms in total. The van der Waals surface area contributed by atoms with E-state index in [-0.39, 0.29) is 45.1 Å². The molecule has 44 heavy (non-hydrogen) atoms. The molecule has 4 aromatic rings. The molecule has 15 heteroatoms. The predicted molar refractivity (Wildman–Crippen MR) is 166 cm³/mol. The van der Waals surface area contributed by atoms with Gasteiger partial charge in [0, 0.05) is 31.5 Å². The Morgan fingerprint density at radius 1 is 1.11 bits per heavy atom. The van der Waals surface area contributed by atoms with Crippen molar-refractivity contribution in [3.8, 4) is 17.2 Å². The molecule has 0 spiro atoms. The summed E-state index contributed by atoms with van der Waals surface area (Å²) in [5, 5.41) is 7.35. The van der Waals surface area contributed by atoms with Crippen molar-refractivity contribution in [3.05, 3.63) is 77.2 Å². The smallest absolute Gasteiger partial charge is 0.378 e. The fourth-order valence-corrected chi connectivity index (χ4v) is 5.44. The molecule has 1 aliphatic heterocycles. The molecule has 1 aliphatic rings. The molecule has 3 amide bonds. The molecule has 1 fully saturated rings. The van der Waals surface area contributed by atoms with Crippen LogP contribution in [0.3, 0.4) is 0 Å². The van der Waals surface area contributed by atoms with Crippen molar-refractivity contribution < 1.29 is 22.8 Å². The van der Waals surface area contributed by atoms with Crippen LogP contribution in [0.15, 0.2) is 66.0 Å². The summed E-state index contributed by atoms with van der Waals surface area (Å²) in [6, 6.07) is 11.9. The number of hydrogen-bond donors (Lipinski definition) is 1. The molecule has 3 heterocycles. The molecule has 1 N–H and O–H groups in total. The van der Waals surface area contributed by atoms with Crippen molar-refractivity contribution in [2.75, 3.05) is 35.0 Å². The molecule has 228 valence electrons. The molecular formula is C29H26ClF3N8O2S. The predicted octanol–water partition coefficient (Wildman–Crippen LogP) is 6.86. The standard InChI is InChI=1S/C29H26ClF3N8O2S/c1-16(2)20-8-7-19(39(3)4)12-23(20)41-25(42)14-44-28(41)37-27(43)36-22-9-5-17(11-21(22)30)26-35-15-40(38-26)24-10-6-18(13-34-24)29(31,32)33/h5-13,15-16H,14H2,1-4H3,(H,36,43)/b37-28-. The summed E-state index contributed by atoms with van der Waals surface area (Å²) in [6.45, 7) is 4.06. The second-order valence-corrected chi connectivity index (χ2v) is 11.6. The number of urea groups is 1. The zero-order chi connectivity index (χ0) is 31.8. The van der Waals surface area contributed by atoms with Crippen molar-refractivity contribution in [1.29, 1.82) is 0 Å². The molecule has 0 aliphatic carbocycles. The normalized spacial score (nSPS) is 14.5. The topological polar surface area (TPSA) is 109 Å². The number of anilines is 3. The first-order chi connectivity index (χ1) is 20.8. The number of carbonyl (C=O) groups excluding carboxylic acids is 2. The number of alkyl halides is 3. The summed E-state index contributed by atoms with van der Waals surface area (Å²) in [4.78, 5) is 41.5. The molecule has 1 saturated heterocycles. The molecule has 0 bridgehead atoms. The van der Waals surface area contributed by atoms with E-state index in [0.29, 0.717) is 11.3 Å². The molecule has 2 aromatic carbocycles. The molecule has 2 aromatic heterocycles. The second kappa shape index (κ2) is 12.3. The fraction of sp³-hybridized carbons (Fsp3) is 0.241. The van der Waals surface area contributed by atoms with Crippen LogP contribution in [-0.4, -0.2) is 56.7 Å². The molecule has 5 rings (SSSR count). The number of nitrogens with one attached hydrogen (secondary N) is 1. The van der Waals surface area contributed by atoms with E-state index in [0.717, 1.165) is 23.5 Å². The highest BCUT2D eigenvalue weighted by Crippen LogP contribution is 2.36. The number of amidine groups is 1. The highest BCUT2D eigenvalue weighted by Gasteiger charge is 2.33. The zero-order valence-corrected chi connectivity index (χ0v) is 25.5. The summed E-state index contributed by atoms with van der Waals surface area (Å²) >= 11 is 7.63. The highest BCUT2D eigenvalue weighted by molar-refractivity contribution is 8.15. The summed E-state index contributed by atoms with van der Waals surface area (Å²) in [7, 11) is 3.81. The van der Waals surface area contributed by atoms with Crippen molar-refractivity contribution in [2.24, 2.45) is 4.99 Å². The van der Waals surface area contributed by atoms with Crippen molar-refractivity contribution >= 4 is 57.5 Å². The number of carbonyl (C=O) groups is 2. The maximum absolute atomic E-state index is 13.0. The van der Waals surface area contributed by atoms with Gasteiger partial charge >= 0.3 is 12.2 Å². The van der Waals surface area contributed by atoms with Gasteiger partial charge in [-0.1, -0.05) is 43.3 Å². The molecular weight excluding hydrogens is 617 g/mol. The zero-order valence-electron chi connectivity index (χ0n) is 23.9. The number of benzene rings is 2. The first-order valence-corrected chi connectivity index (χ1v) is 14.6. The Labute approximate surface area is 260 Å². The van der Waals surface area contributed by atoms with E-state index in [2.05, 4.69) is 25.4 Å². The van der Waals surface area contributed by atoms with Crippen LogP contribution in [0.1, 0.15) is 30.9 Å². The lowest BCUT2D eigenvalue weighted by Crippen LogP contribution is -2.31. The Kier molecular flexibility index (Phi) is 8.66. The largest absolute Gasteiger partial charge is 0.417 e. The minimum absolute atomic E-state index is 0.124. The van der Waals surface area contributed by atoms with Crippen LogP contribution in [0.5, 0.6) is 0 Å². The van der Waals surface area contributed by atoms with E-state index >= 15 is 0 Å². The number of hydrogen-bond acceptors (Lipinski definition) is 7. The third-order valence-corrected chi connectivity index (χ3v) is 7.86. The Morgan fingerprint density at radius 2 is 1.89 bits per heavy atom. The minimum atomic E-state index is -4.50. The molecule has 0 atom stereocenters. The number of rotatable bonds is 6. The lowest BCUT2D eigenvalue weighted by molar-refractivity contribution is -0.137. The van der Waals surface area contributed by atoms with Gasteiger partial charge in [0.1, 0.15) is 6.33 Å². The van der Waals surface area contributed by atoms with Gasteiger partial charge in [-0.2, -0.15) is 18.2 Å². The Hall–Kier alpha value is -4.43. The van der Waals surface area contributed by atoms with Crippen LogP contribution in [0.4, 0.5) is 35.0 Å². The number of nitrogens with zero attached hydrogens (tertiary/aromatic N) is 7. The number of thioether (sulfide) groups is 1. The third-order valence-electron chi connectivity index (χ3n) is 6.63. The van der Waals surface area contributed by atoms with Gasteiger partial charge in [0.2, 0.25) is 5.91 Å². The molecule has 0 radical (unpaired) electrons. The van der Waals surface area contributed by atoms with Crippen molar-refractivity contribution in [3.63, 3.8) is 0 Å². The lowest BCUT2D eigenvalue weighted by Gasteiger charge is -2.24. The van der Waals surface area contributed by atoms with Gasteiger partial charge < -0.3 is 10.2 Å². The molecule has 0 saturated carbocycles. The average Bonchev–Trinajstić information content (AvgIpc) is 3.60. The maximum atomic E-state index is 13.0. The maximum Gasteiger partial charge on any atom is 0.417 e. The van der Waals surface area contributed by atoms with Crippen LogP contribution in [-0.2, 0) is 11.0 Å². The number of pyridine rings is 1. The van der Waals surface area contributed by atoms with E-state index in [9.17, 15) is 22.8 Å². The van der Waals surface area contributed by atoms with Gasteiger partial charge in [-0.3, -0.25) is 9.69 Å². The van der Waals surface area contributed by atoms with Crippen molar-refractivity contribution in [1.82, 2.24) is 19.7 Å². The Bertz CT molecular complexity index is 1760. The SMILES string of the molecule is CC(C)c1ccc(N(C)C)cc1N1C(=O)CS/C1=N\C(=O)Nc1ccc(-c2ncn(-c3ccc(C(F)(F)F)cn3)n2)cc1Cl. The fourth-order valence-electron chi connectivity index (χ4n) is 4.35. The van der Waals surface area contributed by atoms with E-state index < -0.39 is 17.8 Å². The highest BCUT2D eigenvalue weighted by atomic mass is 35.5. The monoisotopic (exact) mass is 642 g/mol. The Balaban J connectivity index is 1.34. The number of aliphatic imine (C=N–C) groups is 1. The van der Waals surface area contributed by atoms with Gasteiger partial charge in [-0.05, 0) is 53.9 Å². The summed E-state index contributed by atoms with van der Waals surface area (Å²) in [6.07, 6.45) is -2.46. The van der Waals surface area contributed by atoms with Crippen LogP contribution >= 0.6 is 23.4 Å². The van der Waals surface area contributed by atoms with Gasteiger partial charge in [0.15, 0.2) is 16.8 Å². The van der Waals surface area contributed by atoms with E-state index in [1.54, 1.807) is 12.1 Å². The van der Waals surface area contributed by atoms with Crippen molar-refractivity contribution in [2.45, 2.75) is 25.9 Å². The summed E-state index contributed by atoms with van der Waals surface area (Å²) < 4.78 is 39.8. The van der Waals surface area contributed by atoms with Gasteiger partial charge in [0.05, 0.1) is 27.7 Å². The van der Waals surface area contributed by atoms with Crippen LogP contribution in [0.2, 0.25) is 5.02 Å². The van der Waals surface area contributed by atoms with E-state index in [4.69, 9.17) is 11.6 Å². The number of amides is 3. The average molecular weight is 643 g/mol. The summed E-state index contributed by atoms with van der Waals surface area (Å²) in [5.41, 5.74) is 2.42. The van der Waals surface area contributed by atoms with Crippen LogP contribution < -0.4 is 15.1 Å². The van der Waals surface area contributed by atoms with Crippen LogP contribution in [0, 0.1) is 0 Å². The second-order valence-electron chi connectivity index (χ2n) is 10.2. The first-order valence-electron chi connectivity index (χ1n) is 13.2. The quantitative estimate of drug-likeness (QED) is 0.245. The van der Waals surface area contributed by atoms with E-state index in [1.165, 1.54) is 39.8 Å². The number of aromatic nitrogens is 4. The van der Waals surface area contributed by atoms with Gasteiger partial charge in [0.25, 0.3) is 0 Å². The Morgan fingerprint density at radius 3 is 2.52 bits per heavy atom. The van der Waals surface area contributed by atoms with Gasteiger partial charge in [-0.25, -0.2) is 19.4 Å². The third kappa shape index (κ3) is 6.55. The summed E-state index contributed by atoms with van der Waals surface area (Å²) in [5.74, 6) is 0.480. The minimum Gasteiger partial charge on any atom is -0.378 e. The van der Waals surface area contributed by atoms with Crippen LogP contribution in [0.25, 0.3) is 17.2 Å². The lowest BCUT2D eigenvalue weighted by atomic mass is 9.99. The molecule has 0 unspecified atom stereocenters.